The van der Waals surface area contributed by atoms with Gasteiger partial charge in [-0.25, -0.2) is 8.42 Å². The molecule has 1 saturated carbocycles. The van der Waals surface area contributed by atoms with Crippen LogP contribution >= 0.6 is 0 Å². The van der Waals surface area contributed by atoms with Gasteiger partial charge in [0, 0.05) is 13.1 Å². The summed E-state index contributed by atoms with van der Waals surface area (Å²) in [6.07, 6.45) is 4.97. The second-order valence-corrected chi connectivity index (χ2v) is 7.14. The van der Waals surface area contributed by atoms with Crippen LogP contribution in [0, 0.1) is 0 Å². The Morgan fingerprint density at radius 2 is 1.79 bits per heavy atom. The average molecular weight is 282 g/mol. The van der Waals surface area contributed by atoms with Gasteiger partial charge in [0.05, 0.1) is 4.90 Å². The maximum absolute atomic E-state index is 12.5. The number of hydrogen-bond acceptors (Lipinski definition) is 3. The summed E-state index contributed by atoms with van der Waals surface area (Å²) >= 11 is 0. The van der Waals surface area contributed by atoms with Crippen molar-refractivity contribution in [2.24, 2.45) is 5.73 Å². The summed E-state index contributed by atoms with van der Waals surface area (Å²) in [5.41, 5.74) is 6.56. The zero-order chi connectivity index (χ0) is 13.9. The van der Waals surface area contributed by atoms with Gasteiger partial charge >= 0.3 is 0 Å². The zero-order valence-electron chi connectivity index (χ0n) is 11.4. The van der Waals surface area contributed by atoms with Crippen LogP contribution in [0.4, 0.5) is 0 Å². The van der Waals surface area contributed by atoms with Crippen LogP contribution in [0.1, 0.15) is 31.2 Å². The number of rotatable bonds is 5. The zero-order valence-corrected chi connectivity index (χ0v) is 12.2. The molecule has 0 unspecified atom stereocenters. The van der Waals surface area contributed by atoms with Crippen LogP contribution in [0.15, 0.2) is 29.2 Å². The lowest BCUT2D eigenvalue weighted by Crippen LogP contribution is -2.35. The molecule has 5 heteroatoms. The molecule has 1 aliphatic carbocycles. The molecule has 0 amide bonds. The Bertz CT molecular complexity index is 505. The van der Waals surface area contributed by atoms with Gasteiger partial charge in [0.25, 0.3) is 0 Å². The Balaban J connectivity index is 2.18. The van der Waals surface area contributed by atoms with Crippen LogP contribution in [0.25, 0.3) is 0 Å². The predicted octanol–water partition coefficient (Wildman–Crippen LogP) is 1.75. The Morgan fingerprint density at radius 1 is 1.21 bits per heavy atom. The minimum Gasteiger partial charge on any atom is -0.330 e. The summed E-state index contributed by atoms with van der Waals surface area (Å²) in [6.45, 7) is 0.577. The molecule has 1 fully saturated rings. The molecule has 0 saturated heterocycles. The summed E-state index contributed by atoms with van der Waals surface area (Å²) in [4.78, 5) is 0.377. The van der Waals surface area contributed by atoms with Gasteiger partial charge in [-0.05, 0) is 43.5 Å². The van der Waals surface area contributed by atoms with Crippen molar-refractivity contribution in [2.75, 3.05) is 13.6 Å². The molecule has 0 heterocycles. The lowest BCUT2D eigenvalue weighted by Gasteiger charge is -2.23. The van der Waals surface area contributed by atoms with Crippen molar-refractivity contribution in [3.8, 4) is 0 Å². The fourth-order valence-corrected chi connectivity index (χ4v) is 4.04. The fourth-order valence-electron chi connectivity index (χ4n) is 2.63. The monoisotopic (exact) mass is 282 g/mol. The van der Waals surface area contributed by atoms with Crippen molar-refractivity contribution >= 4 is 10.0 Å². The molecule has 106 valence electrons. The molecule has 0 radical (unpaired) electrons. The number of sulfonamides is 1. The standard InChI is InChI=1S/C14H22N2O2S/c1-16(13-4-2-3-5-13)19(17,18)14-8-6-12(7-9-14)10-11-15/h6-9,13H,2-5,10-11,15H2,1H3. The molecule has 1 aromatic rings. The molecule has 0 spiro atoms. The first-order valence-electron chi connectivity index (χ1n) is 6.83. The molecular formula is C14H22N2O2S. The van der Waals surface area contributed by atoms with E-state index in [0.717, 1.165) is 37.7 Å². The first-order valence-corrected chi connectivity index (χ1v) is 8.27. The second kappa shape index (κ2) is 6.03. The van der Waals surface area contributed by atoms with E-state index in [1.165, 1.54) is 4.31 Å². The van der Waals surface area contributed by atoms with E-state index >= 15 is 0 Å². The summed E-state index contributed by atoms with van der Waals surface area (Å²) in [7, 11) is -1.66. The molecule has 1 aromatic carbocycles. The van der Waals surface area contributed by atoms with Crippen molar-refractivity contribution in [3.63, 3.8) is 0 Å². The van der Waals surface area contributed by atoms with E-state index in [9.17, 15) is 8.42 Å². The predicted molar refractivity (Wildman–Crippen MR) is 76.4 cm³/mol. The SMILES string of the molecule is CN(C1CCCC1)S(=O)(=O)c1ccc(CCN)cc1. The number of hydrogen-bond donors (Lipinski definition) is 1. The molecule has 0 atom stereocenters. The number of nitrogens with zero attached hydrogens (tertiary/aromatic N) is 1. The van der Waals surface area contributed by atoms with E-state index in [4.69, 9.17) is 5.73 Å². The van der Waals surface area contributed by atoms with Crippen molar-refractivity contribution in [1.29, 1.82) is 0 Å². The van der Waals surface area contributed by atoms with Crippen LogP contribution in [0.2, 0.25) is 0 Å². The lowest BCUT2D eigenvalue weighted by atomic mass is 10.2. The minimum absolute atomic E-state index is 0.161. The fraction of sp³-hybridized carbons (Fsp3) is 0.571. The molecule has 0 aromatic heterocycles. The number of nitrogens with two attached hydrogens (primary N) is 1. The second-order valence-electron chi connectivity index (χ2n) is 5.14. The minimum atomic E-state index is -3.35. The summed E-state index contributed by atoms with van der Waals surface area (Å²) in [5, 5.41) is 0. The summed E-state index contributed by atoms with van der Waals surface area (Å²) in [5.74, 6) is 0. The van der Waals surface area contributed by atoms with Gasteiger partial charge in [0.2, 0.25) is 10.0 Å². The third kappa shape index (κ3) is 3.16. The van der Waals surface area contributed by atoms with E-state index in [2.05, 4.69) is 0 Å². The van der Waals surface area contributed by atoms with Gasteiger partial charge in [-0.15, -0.1) is 0 Å². The van der Waals surface area contributed by atoms with Gasteiger partial charge in [0.1, 0.15) is 0 Å². The van der Waals surface area contributed by atoms with E-state index < -0.39 is 10.0 Å². The third-order valence-corrected chi connectivity index (χ3v) is 5.80. The highest BCUT2D eigenvalue weighted by Crippen LogP contribution is 2.27. The van der Waals surface area contributed by atoms with Crippen LogP contribution in [0.5, 0.6) is 0 Å². The van der Waals surface area contributed by atoms with Crippen LogP contribution in [0.3, 0.4) is 0 Å². The highest BCUT2D eigenvalue weighted by Gasteiger charge is 2.29. The lowest BCUT2D eigenvalue weighted by molar-refractivity contribution is 0.373. The summed E-state index contributed by atoms with van der Waals surface area (Å²) < 4.78 is 26.5. The van der Waals surface area contributed by atoms with E-state index in [0.29, 0.717) is 11.4 Å². The summed E-state index contributed by atoms with van der Waals surface area (Å²) in [6, 6.07) is 7.23. The van der Waals surface area contributed by atoms with Crippen LogP contribution in [-0.4, -0.2) is 32.4 Å². The van der Waals surface area contributed by atoms with Crippen molar-refractivity contribution < 1.29 is 8.42 Å². The van der Waals surface area contributed by atoms with Crippen molar-refractivity contribution in [1.82, 2.24) is 4.31 Å². The third-order valence-electron chi connectivity index (χ3n) is 3.87. The van der Waals surface area contributed by atoms with Gasteiger partial charge < -0.3 is 5.73 Å². The Labute approximate surface area is 115 Å². The first-order chi connectivity index (χ1) is 9.05. The van der Waals surface area contributed by atoms with E-state index in [1.807, 2.05) is 12.1 Å². The van der Waals surface area contributed by atoms with E-state index in [1.54, 1.807) is 19.2 Å². The molecule has 2 N–H and O–H groups in total. The maximum atomic E-state index is 12.5. The highest BCUT2D eigenvalue weighted by atomic mass is 32.2. The smallest absolute Gasteiger partial charge is 0.243 e. The van der Waals surface area contributed by atoms with Gasteiger partial charge in [0.15, 0.2) is 0 Å². The van der Waals surface area contributed by atoms with Crippen molar-refractivity contribution in [3.05, 3.63) is 29.8 Å². The van der Waals surface area contributed by atoms with Crippen LogP contribution in [-0.2, 0) is 16.4 Å². The van der Waals surface area contributed by atoms with Gasteiger partial charge in [-0.1, -0.05) is 25.0 Å². The molecule has 2 rings (SSSR count). The van der Waals surface area contributed by atoms with Crippen LogP contribution < -0.4 is 5.73 Å². The first kappa shape index (κ1) is 14.5. The molecule has 19 heavy (non-hydrogen) atoms. The average Bonchev–Trinajstić information content (AvgIpc) is 2.92. The Kier molecular flexibility index (Phi) is 4.60. The topological polar surface area (TPSA) is 63.4 Å². The molecule has 1 aliphatic rings. The molecular weight excluding hydrogens is 260 g/mol. The van der Waals surface area contributed by atoms with Gasteiger partial charge in [-0.2, -0.15) is 4.31 Å². The number of benzene rings is 1. The Hall–Kier alpha value is -0.910. The largest absolute Gasteiger partial charge is 0.330 e. The molecule has 0 aliphatic heterocycles. The molecule has 4 nitrogen and oxygen atoms in total. The highest BCUT2D eigenvalue weighted by molar-refractivity contribution is 7.89. The quantitative estimate of drug-likeness (QED) is 0.895. The van der Waals surface area contributed by atoms with E-state index in [-0.39, 0.29) is 6.04 Å². The van der Waals surface area contributed by atoms with Crippen molar-refractivity contribution in [2.45, 2.75) is 43.0 Å². The normalized spacial score (nSPS) is 17.2. The Morgan fingerprint density at radius 3 is 2.32 bits per heavy atom. The van der Waals surface area contributed by atoms with Gasteiger partial charge in [-0.3, -0.25) is 0 Å². The maximum Gasteiger partial charge on any atom is 0.243 e. The molecule has 0 bridgehead atoms.